The van der Waals surface area contributed by atoms with Gasteiger partial charge >= 0.3 is 0 Å². The minimum Gasteiger partial charge on any atom is -0.329 e. The second-order valence-electron chi connectivity index (χ2n) is 6.03. The number of nitrogens with two attached hydrogens (primary N) is 1. The Morgan fingerprint density at radius 2 is 2.10 bits per heavy atom. The Morgan fingerprint density at radius 3 is 2.70 bits per heavy atom. The van der Waals surface area contributed by atoms with E-state index in [1.165, 1.54) is 6.07 Å². The Bertz CT molecular complexity index is 493. The number of anilines is 1. The smallest absolute Gasteiger partial charge is 0.231 e. The standard InChI is InChI=1S/C16H23FN2O/c1-11-6-8-16(10-18,9-7-11)15(20)19-14-5-3-4-13(17)12(14)2/h3-5,11H,6-10,18H2,1-2H3,(H,19,20). The molecule has 1 amide bonds. The van der Waals surface area contributed by atoms with E-state index in [0.29, 0.717) is 23.7 Å². The molecule has 20 heavy (non-hydrogen) atoms. The molecule has 4 heteroatoms. The second kappa shape index (κ2) is 5.92. The molecule has 3 nitrogen and oxygen atoms in total. The summed E-state index contributed by atoms with van der Waals surface area (Å²) in [5.74, 6) is 0.279. The van der Waals surface area contributed by atoms with Crippen LogP contribution in [-0.4, -0.2) is 12.5 Å². The predicted molar refractivity (Wildman–Crippen MR) is 78.9 cm³/mol. The molecule has 3 N–H and O–H groups in total. The lowest BCUT2D eigenvalue weighted by Crippen LogP contribution is -2.45. The van der Waals surface area contributed by atoms with Crippen molar-refractivity contribution in [3.63, 3.8) is 0 Å². The SMILES string of the molecule is Cc1c(F)cccc1NC(=O)C1(CN)CCC(C)CC1. The maximum absolute atomic E-state index is 13.5. The molecule has 0 bridgehead atoms. The van der Waals surface area contributed by atoms with Crippen molar-refractivity contribution in [2.24, 2.45) is 17.1 Å². The van der Waals surface area contributed by atoms with Gasteiger partial charge < -0.3 is 11.1 Å². The topological polar surface area (TPSA) is 55.1 Å². The van der Waals surface area contributed by atoms with Gasteiger partial charge in [0.2, 0.25) is 5.91 Å². The fourth-order valence-electron chi connectivity index (χ4n) is 2.84. The maximum Gasteiger partial charge on any atom is 0.231 e. The van der Waals surface area contributed by atoms with Gasteiger partial charge in [0.1, 0.15) is 5.82 Å². The van der Waals surface area contributed by atoms with E-state index in [9.17, 15) is 9.18 Å². The highest BCUT2D eigenvalue weighted by Crippen LogP contribution is 2.39. The fraction of sp³-hybridized carbons (Fsp3) is 0.562. The normalized spacial score (nSPS) is 26.3. The summed E-state index contributed by atoms with van der Waals surface area (Å²) < 4.78 is 13.5. The second-order valence-corrected chi connectivity index (χ2v) is 6.03. The number of hydrogen-bond donors (Lipinski definition) is 2. The zero-order valence-corrected chi connectivity index (χ0v) is 12.2. The largest absolute Gasteiger partial charge is 0.329 e. The summed E-state index contributed by atoms with van der Waals surface area (Å²) in [7, 11) is 0. The summed E-state index contributed by atoms with van der Waals surface area (Å²) in [6, 6.07) is 4.73. The van der Waals surface area contributed by atoms with Crippen molar-refractivity contribution in [1.82, 2.24) is 0 Å². The lowest BCUT2D eigenvalue weighted by atomic mass is 9.70. The van der Waals surface area contributed by atoms with E-state index in [-0.39, 0.29) is 11.7 Å². The van der Waals surface area contributed by atoms with Crippen molar-refractivity contribution in [2.75, 3.05) is 11.9 Å². The van der Waals surface area contributed by atoms with E-state index >= 15 is 0 Å². The van der Waals surface area contributed by atoms with Gasteiger partial charge in [-0.15, -0.1) is 0 Å². The fourth-order valence-corrected chi connectivity index (χ4v) is 2.84. The molecule has 110 valence electrons. The van der Waals surface area contributed by atoms with Crippen LogP contribution in [-0.2, 0) is 4.79 Å². The molecule has 1 fully saturated rings. The molecule has 1 aromatic rings. The molecular formula is C16H23FN2O. The van der Waals surface area contributed by atoms with Crippen LogP contribution in [0.3, 0.4) is 0 Å². The van der Waals surface area contributed by atoms with Gasteiger partial charge in [-0.25, -0.2) is 4.39 Å². The number of nitrogens with one attached hydrogen (secondary N) is 1. The molecule has 1 aliphatic carbocycles. The van der Waals surface area contributed by atoms with Gasteiger partial charge in [0.15, 0.2) is 0 Å². The van der Waals surface area contributed by atoms with Gasteiger partial charge in [0.05, 0.1) is 5.41 Å². The average molecular weight is 278 g/mol. The van der Waals surface area contributed by atoms with Crippen molar-refractivity contribution in [1.29, 1.82) is 0 Å². The Hall–Kier alpha value is -1.42. The van der Waals surface area contributed by atoms with Crippen molar-refractivity contribution in [3.8, 4) is 0 Å². The van der Waals surface area contributed by atoms with E-state index in [2.05, 4.69) is 12.2 Å². The van der Waals surface area contributed by atoms with E-state index in [1.54, 1.807) is 19.1 Å². The van der Waals surface area contributed by atoms with Crippen LogP contribution in [0.25, 0.3) is 0 Å². The van der Waals surface area contributed by atoms with E-state index in [0.717, 1.165) is 25.7 Å². The minimum atomic E-state index is -0.495. The van der Waals surface area contributed by atoms with Crippen LogP contribution < -0.4 is 11.1 Å². The van der Waals surface area contributed by atoms with Crippen LogP contribution >= 0.6 is 0 Å². The predicted octanol–water partition coefficient (Wildman–Crippen LogP) is 3.23. The molecule has 1 aliphatic rings. The van der Waals surface area contributed by atoms with Crippen LogP contribution in [0.5, 0.6) is 0 Å². The third kappa shape index (κ3) is 2.85. The maximum atomic E-state index is 13.5. The Kier molecular flexibility index (Phi) is 4.43. The van der Waals surface area contributed by atoms with E-state index < -0.39 is 5.41 Å². The summed E-state index contributed by atoms with van der Waals surface area (Å²) in [6.07, 6.45) is 3.66. The molecule has 0 heterocycles. The first-order valence-electron chi connectivity index (χ1n) is 7.25. The van der Waals surface area contributed by atoms with Crippen LogP contribution in [0.15, 0.2) is 18.2 Å². The highest BCUT2D eigenvalue weighted by atomic mass is 19.1. The van der Waals surface area contributed by atoms with Crippen molar-refractivity contribution in [2.45, 2.75) is 39.5 Å². The number of carbonyl (C=O) groups is 1. The third-order valence-electron chi connectivity index (χ3n) is 4.62. The molecule has 0 saturated heterocycles. The zero-order chi connectivity index (χ0) is 14.8. The summed E-state index contributed by atoms with van der Waals surface area (Å²) >= 11 is 0. The summed E-state index contributed by atoms with van der Waals surface area (Å²) in [4.78, 5) is 12.6. The molecule has 0 aromatic heterocycles. The number of carbonyl (C=O) groups excluding carboxylic acids is 1. The molecule has 1 aromatic carbocycles. The van der Waals surface area contributed by atoms with Gasteiger partial charge in [-0.2, -0.15) is 0 Å². The van der Waals surface area contributed by atoms with Crippen LogP contribution in [0, 0.1) is 24.1 Å². The number of halogens is 1. The molecule has 0 atom stereocenters. The summed E-state index contributed by atoms with van der Waals surface area (Å²) in [5, 5.41) is 2.87. The molecule has 0 spiro atoms. The van der Waals surface area contributed by atoms with Crippen molar-refractivity contribution < 1.29 is 9.18 Å². The quantitative estimate of drug-likeness (QED) is 0.892. The molecule has 2 rings (SSSR count). The van der Waals surface area contributed by atoms with E-state index in [4.69, 9.17) is 5.73 Å². The summed E-state index contributed by atoms with van der Waals surface area (Å²) in [6.45, 7) is 4.22. The van der Waals surface area contributed by atoms with Gasteiger partial charge in [0, 0.05) is 17.8 Å². The third-order valence-corrected chi connectivity index (χ3v) is 4.62. The zero-order valence-electron chi connectivity index (χ0n) is 12.2. The number of benzene rings is 1. The first kappa shape index (κ1) is 15.0. The molecule has 0 radical (unpaired) electrons. The summed E-state index contributed by atoms with van der Waals surface area (Å²) in [5.41, 5.74) is 6.39. The number of amides is 1. The highest BCUT2D eigenvalue weighted by Gasteiger charge is 2.39. The van der Waals surface area contributed by atoms with Crippen LogP contribution in [0.1, 0.15) is 38.2 Å². The molecule has 0 aliphatic heterocycles. The van der Waals surface area contributed by atoms with Gasteiger partial charge in [0.25, 0.3) is 0 Å². The minimum absolute atomic E-state index is 0.0689. The average Bonchev–Trinajstić information content (AvgIpc) is 2.45. The number of rotatable bonds is 3. The monoisotopic (exact) mass is 278 g/mol. The first-order valence-corrected chi connectivity index (χ1v) is 7.25. The van der Waals surface area contributed by atoms with Crippen molar-refractivity contribution in [3.05, 3.63) is 29.6 Å². The van der Waals surface area contributed by atoms with Crippen LogP contribution in [0.2, 0.25) is 0 Å². The molecular weight excluding hydrogens is 255 g/mol. The lowest BCUT2D eigenvalue weighted by molar-refractivity contribution is -0.127. The molecule has 0 unspecified atom stereocenters. The van der Waals surface area contributed by atoms with Crippen molar-refractivity contribution >= 4 is 11.6 Å². The van der Waals surface area contributed by atoms with Gasteiger partial charge in [-0.1, -0.05) is 13.0 Å². The highest BCUT2D eigenvalue weighted by molar-refractivity contribution is 5.96. The lowest BCUT2D eigenvalue weighted by Gasteiger charge is -2.37. The first-order chi connectivity index (χ1) is 9.48. The Morgan fingerprint density at radius 1 is 1.45 bits per heavy atom. The number of hydrogen-bond acceptors (Lipinski definition) is 2. The Balaban J connectivity index is 2.16. The molecule has 1 saturated carbocycles. The van der Waals surface area contributed by atoms with E-state index in [1.807, 2.05) is 0 Å². The van der Waals surface area contributed by atoms with Gasteiger partial charge in [-0.05, 0) is 50.7 Å². The van der Waals surface area contributed by atoms with Crippen LogP contribution in [0.4, 0.5) is 10.1 Å². The van der Waals surface area contributed by atoms with Gasteiger partial charge in [-0.3, -0.25) is 4.79 Å². The Labute approximate surface area is 119 Å².